The molecule has 0 saturated heterocycles. The van der Waals surface area contributed by atoms with Crippen LogP contribution in [0, 0.1) is 23.1 Å². The van der Waals surface area contributed by atoms with Crippen LogP contribution in [0.1, 0.15) is 48.9 Å². The van der Waals surface area contributed by atoms with Crippen molar-refractivity contribution in [2.24, 2.45) is 5.92 Å². The van der Waals surface area contributed by atoms with Gasteiger partial charge in [0.2, 0.25) is 0 Å². The number of ether oxygens (including phenoxy) is 1. The Hall–Kier alpha value is -3.20. The summed E-state index contributed by atoms with van der Waals surface area (Å²) >= 11 is 6.17. The smallest absolute Gasteiger partial charge is 0.141 e. The van der Waals surface area contributed by atoms with Gasteiger partial charge in [0.15, 0.2) is 0 Å². The number of nitrogens with zero attached hydrogens (tertiary/aromatic N) is 3. The molecule has 1 atom stereocenters. The number of rotatable bonds is 5. The number of aromatic nitrogens is 2. The van der Waals surface area contributed by atoms with Crippen molar-refractivity contribution in [3.8, 4) is 11.8 Å². The molecule has 1 unspecified atom stereocenters. The van der Waals surface area contributed by atoms with Gasteiger partial charge in [0.25, 0.3) is 0 Å². The minimum atomic E-state index is -1.09. The van der Waals surface area contributed by atoms with Crippen LogP contribution in [0.15, 0.2) is 66.7 Å². The number of hydrogen-bond acceptors (Lipinski definition) is 3. The first-order chi connectivity index (χ1) is 16.6. The molecule has 172 valence electrons. The van der Waals surface area contributed by atoms with Crippen LogP contribution < -0.4 is 0 Å². The van der Waals surface area contributed by atoms with Gasteiger partial charge in [0.1, 0.15) is 11.4 Å². The van der Waals surface area contributed by atoms with Gasteiger partial charge in [-0.25, -0.2) is 9.07 Å². The third-order valence-electron chi connectivity index (χ3n) is 7.00. The number of hydrogen-bond donors (Lipinski definition) is 0. The third-order valence-corrected chi connectivity index (χ3v) is 7.25. The largest absolute Gasteiger partial charge is 0.367 e. The Balaban J connectivity index is 1.87. The third kappa shape index (κ3) is 3.68. The topological polar surface area (TPSA) is 50.8 Å². The molecule has 0 aliphatic heterocycles. The van der Waals surface area contributed by atoms with Crippen LogP contribution in [0.2, 0.25) is 5.02 Å². The van der Waals surface area contributed by atoms with Crippen molar-refractivity contribution >= 4 is 22.5 Å². The minimum absolute atomic E-state index is 0.0415. The van der Waals surface area contributed by atoms with Crippen molar-refractivity contribution in [3.63, 3.8) is 0 Å². The molecular weight excluding hydrogens is 449 g/mol. The molecule has 0 amide bonds. The average Bonchev–Trinajstić information content (AvgIpc) is 3.27. The number of fused-ring (bicyclic) bond motifs is 1. The van der Waals surface area contributed by atoms with Gasteiger partial charge < -0.3 is 4.74 Å². The van der Waals surface area contributed by atoms with Gasteiger partial charge in [0.05, 0.1) is 28.5 Å². The number of benzene rings is 3. The summed E-state index contributed by atoms with van der Waals surface area (Å²) < 4.78 is 24.1. The summed E-state index contributed by atoms with van der Waals surface area (Å²) in [6.45, 7) is 0. The highest BCUT2D eigenvalue weighted by Gasteiger charge is 2.48. The molecule has 3 aromatic carbocycles. The summed E-state index contributed by atoms with van der Waals surface area (Å²) in [5, 5.41) is 15.8. The van der Waals surface area contributed by atoms with Crippen molar-refractivity contribution in [2.75, 3.05) is 7.11 Å². The van der Waals surface area contributed by atoms with Crippen molar-refractivity contribution < 1.29 is 9.13 Å². The van der Waals surface area contributed by atoms with Gasteiger partial charge in [-0.3, -0.25) is 0 Å². The second-order valence-electron chi connectivity index (χ2n) is 8.84. The van der Waals surface area contributed by atoms with Crippen LogP contribution in [0.4, 0.5) is 4.39 Å². The maximum Gasteiger partial charge on any atom is 0.141 e. The standard InChI is InChI=1S/C28H25ClFN3O/c1-34-28(20-7-3-2-4-8-20,24-16-11-19(18-31)17-25(24)30)27-23-9-5-6-10-26(23)32-33(27)22-14-12-21(29)13-15-22/h5-6,9-17,20H,2-4,7-8H2,1H3. The molecule has 34 heavy (non-hydrogen) atoms. The van der Waals surface area contributed by atoms with Crippen molar-refractivity contribution in [3.05, 3.63) is 94.4 Å². The van der Waals surface area contributed by atoms with E-state index < -0.39 is 11.4 Å². The highest BCUT2D eigenvalue weighted by molar-refractivity contribution is 6.30. The van der Waals surface area contributed by atoms with E-state index in [9.17, 15) is 5.26 Å². The molecule has 0 radical (unpaired) electrons. The maximum atomic E-state index is 15.8. The van der Waals surface area contributed by atoms with E-state index in [1.165, 1.54) is 6.07 Å². The lowest BCUT2D eigenvalue weighted by molar-refractivity contribution is -0.0482. The molecule has 5 rings (SSSR count). The Morgan fingerprint density at radius 1 is 1.06 bits per heavy atom. The summed E-state index contributed by atoms with van der Waals surface area (Å²) in [5.74, 6) is -0.403. The lowest BCUT2D eigenvalue weighted by atomic mass is 9.70. The van der Waals surface area contributed by atoms with Gasteiger partial charge >= 0.3 is 0 Å². The molecule has 1 aromatic heterocycles. The zero-order valence-corrected chi connectivity index (χ0v) is 19.7. The normalized spacial score (nSPS) is 16.3. The number of methoxy groups -OCH3 is 1. The van der Waals surface area contributed by atoms with E-state index in [0.717, 1.165) is 54.4 Å². The lowest BCUT2D eigenvalue weighted by Gasteiger charge is -2.42. The monoisotopic (exact) mass is 473 g/mol. The van der Waals surface area contributed by atoms with Crippen LogP contribution in [0.25, 0.3) is 16.6 Å². The van der Waals surface area contributed by atoms with E-state index >= 15 is 4.39 Å². The Morgan fingerprint density at radius 2 is 1.79 bits per heavy atom. The number of nitriles is 1. The van der Waals surface area contributed by atoms with Gasteiger partial charge in [-0.2, -0.15) is 10.4 Å². The zero-order chi connectivity index (χ0) is 23.7. The summed E-state index contributed by atoms with van der Waals surface area (Å²) in [6, 6.07) is 22.1. The highest BCUT2D eigenvalue weighted by Crippen LogP contribution is 2.49. The summed E-state index contributed by atoms with van der Waals surface area (Å²) in [7, 11) is 1.65. The molecule has 1 fully saturated rings. The second-order valence-corrected chi connectivity index (χ2v) is 9.27. The molecule has 1 aliphatic carbocycles. The SMILES string of the molecule is COC(c1ccc(C#N)cc1F)(c1c2ccccc2nn1-c1ccc(Cl)cc1)C1CCCCC1. The van der Waals surface area contributed by atoms with E-state index in [0.29, 0.717) is 10.6 Å². The predicted octanol–water partition coefficient (Wildman–Crippen LogP) is 7.16. The Kier molecular flexibility index (Phi) is 6.12. The number of halogens is 2. The quantitative estimate of drug-likeness (QED) is 0.309. The van der Waals surface area contributed by atoms with Crippen molar-refractivity contribution in [1.29, 1.82) is 5.26 Å². The average molecular weight is 474 g/mol. The van der Waals surface area contributed by atoms with Gasteiger partial charge in [0, 0.05) is 23.1 Å². The molecule has 4 nitrogen and oxygen atoms in total. The lowest BCUT2D eigenvalue weighted by Crippen LogP contribution is -2.42. The molecular formula is C28H25ClFN3O. The van der Waals surface area contributed by atoms with Crippen LogP contribution in [-0.4, -0.2) is 16.9 Å². The fourth-order valence-corrected chi connectivity index (χ4v) is 5.59. The first kappa shape index (κ1) is 22.6. The molecule has 1 heterocycles. The van der Waals surface area contributed by atoms with Crippen LogP contribution in [0.3, 0.4) is 0 Å². The van der Waals surface area contributed by atoms with E-state index in [1.807, 2.05) is 59.3 Å². The maximum absolute atomic E-state index is 15.8. The fraction of sp³-hybridized carbons (Fsp3) is 0.286. The van der Waals surface area contributed by atoms with E-state index in [-0.39, 0.29) is 11.5 Å². The highest BCUT2D eigenvalue weighted by atomic mass is 35.5. The fourth-order valence-electron chi connectivity index (χ4n) is 5.47. The zero-order valence-electron chi connectivity index (χ0n) is 19.0. The van der Waals surface area contributed by atoms with Crippen molar-refractivity contribution in [1.82, 2.24) is 9.78 Å². The second kappa shape index (κ2) is 9.21. The molecule has 1 saturated carbocycles. The Labute approximate surface area is 203 Å². The molecule has 0 spiro atoms. The van der Waals surface area contributed by atoms with Crippen molar-refractivity contribution in [2.45, 2.75) is 37.7 Å². The van der Waals surface area contributed by atoms with E-state index in [1.54, 1.807) is 19.2 Å². The van der Waals surface area contributed by atoms with Gasteiger partial charge in [-0.1, -0.05) is 55.1 Å². The van der Waals surface area contributed by atoms with Crippen LogP contribution in [0.5, 0.6) is 0 Å². The molecule has 6 heteroatoms. The van der Waals surface area contributed by atoms with Crippen LogP contribution in [-0.2, 0) is 10.3 Å². The molecule has 0 bridgehead atoms. The molecule has 0 N–H and O–H groups in total. The molecule has 1 aliphatic rings. The minimum Gasteiger partial charge on any atom is -0.367 e. The summed E-state index contributed by atoms with van der Waals surface area (Å²) in [5.41, 5.74) is 2.05. The predicted molar refractivity (Wildman–Crippen MR) is 132 cm³/mol. The summed E-state index contributed by atoms with van der Waals surface area (Å²) in [6.07, 6.45) is 5.09. The van der Waals surface area contributed by atoms with Gasteiger partial charge in [-0.05, 0) is 61.2 Å². The van der Waals surface area contributed by atoms with E-state index in [2.05, 4.69) is 0 Å². The first-order valence-electron chi connectivity index (χ1n) is 11.6. The van der Waals surface area contributed by atoms with Crippen LogP contribution >= 0.6 is 11.6 Å². The Morgan fingerprint density at radius 3 is 2.47 bits per heavy atom. The Bertz CT molecular complexity index is 1370. The summed E-state index contributed by atoms with van der Waals surface area (Å²) in [4.78, 5) is 0. The van der Waals surface area contributed by atoms with Gasteiger partial charge in [-0.15, -0.1) is 0 Å². The van der Waals surface area contributed by atoms with E-state index in [4.69, 9.17) is 21.4 Å². The first-order valence-corrected chi connectivity index (χ1v) is 12.0. The molecule has 4 aromatic rings.